The van der Waals surface area contributed by atoms with Crippen LogP contribution in [0.1, 0.15) is 34.6 Å². The predicted octanol–water partition coefficient (Wildman–Crippen LogP) is 6.70. The van der Waals surface area contributed by atoms with E-state index in [9.17, 15) is 9.59 Å². The van der Waals surface area contributed by atoms with Gasteiger partial charge in [-0.15, -0.1) is 0 Å². The van der Waals surface area contributed by atoms with Crippen LogP contribution < -0.4 is 9.47 Å². The van der Waals surface area contributed by atoms with Crippen LogP contribution in [0, 0.1) is 5.92 Å². The first-order valence-corrected chi connectivity index (χ1v) is 16.0. The Morgan fingerprint density at radius 3 is 2.15 bits per heavy atom. The summed E-state index contributed by atoms with van der Waals surface area (Å²) >= 11 is 3.62. The van der Waals surface area contributed by atoms with Crippen LogP contribution >= 0.6 is 15.9 Å². The van der Waals surface area contributed by atoms with E-state index in [1.165, 1.54) is 11.1 Å². The molecular weight excluding hydrogens is 652 g/mol. The molecule has 0 heterocycles. The molecule has 0 N–H and O–H groups in total. The molecule has 3 unspecified atom stereocenters. The van der Waals surface area contributed by atoms with Gasteiger partial charge in [0.25, 0.3) is 0 Å². The molecule has 0 radical (unpaired) electrons. The third-order valence-electron chi connectivity index (χ3n) is 8.65. The molecule has 3 atom stereocenters. The Morgan fingerprint density at radius 1 is 0.804 bits per heavy atom. The highest BCUT2D eigenvalue weighted by molar-refractivity contribution is 9.10. The average Bonchev–Trinajstić information content (AvgIpc) is 3.09. The number of ether oxygens (including phenoxy) is 6. The highest BCUT2D eigenvalue weighted by Gasteiger charge is 2.58. The van der Waals surface area contributed by atoms with Crippen molar-refractivity contribution in [3.8, 4) is 11.5 Å². The van der Waals surface area contributed by atoms with E-state index < -0.39 is 17.5 Å². The van der Waals surface area contributed by atoms with Crippen molar-refractivity contribution < 1.29 is 38.0 Å². The van der Waals surface area contributed by atoms with Crippen molar-refractivity contribution in [2.45, 2.75) is 17.9 Å². The number of hydrogen-bond donors (Lipinski definition) is 0. The van der Waals surface area contributed by atoms with Gasteiger partial charge in [-0.3, -0.25) is 4.79 Å². The summed E-state index contributed by atoms with van der Waals surface area (Å²) in [6.07, 6.45) is 1.72. The van der Waals surface area contributed by atoms with Crippen molar-refractivity contribution in [2.24, 2.45) is 5.92 Å². The Kier molecular flexibility index (Phi) is 9.72. The second kappa shape index (κ2) is 14.1. The fraction of sp³-hybridized carbons (Fsp3) is 0.297. The van der Waals surface area contributed by atoms with Crippen LogP contribution in [-0.2, 0) is 34.1 Å². The number of halogens is 1. The third-order valence-corrected chi connectivity index (χ3v) is 9.14. The smallest absolute Gasteiger partial charge is 0.330 e. The Bertz CT molecular complexity index is 1750. The lowest BCUT2D eigenvalue weighted by atomic mass is 9.56. The van der Waals surface area contributed by atoms with Gasteiger partial charge in [-0.1, -0.05) is 77.1 Å². The van der Waals surface area contributed by atoms with Crippen LogP contribution in [0.2, 0.25) is 0 Å². The molecule has 0 amide bonds. The Balaban J connectivity index is 1.07. The molecule has 238 valence electrons. The molecule has 3 aliphatic carbocycles. The van der Waals surface area contributed by atoms with Crippen LogP contribution in [-0.4, -0.2) is 58.7 Å². The minimum Gasteiger partial charge on any atom is -0.491 e. The number of benzene rings is 4. The Labute approximate surface area is 276 Å². The van der Waals surface area contributed by atoms with Crippen molar-refractivity contribution in [3.63, 3.8) is 0 Å². The van der Waals surface area contributed by atoms with Crippen molar-refractivity contribution in [2.75, 3.05) is 46.8 Å². The van der Waals surface area contributed by atoms with E-state index in [0.29, 0.717) is 31.1 Å². The second-order valence-electron chi connectivity index (χ2n) is 11.1. The highest BCUT2D eigenvalue weighted by atomic mass is 79.9. The van der Waals surface area contributed by atoms with Crippen LogP contribution in [0.25, 0.3) is 10.8 Å². The van der Waals surface area contributed by atoms with Crippen molar-refractivity contribution >= 4 is 38.6 Å². The van der Waals surface area contributed by atoms with E-state index in [1.807, 2.05) is 54.6 Å². The minimum absolute atomic E-state index is 0.0789. The zero-order valence-corrected chi connectivity index (χ0v) is 27.1. The Morgan fingerprint density at radius 2 is 1.43 bits per heavy atom. The number of methoxy groups -OCH3 is 1. The average molecular weight is 688 g/mol. The lowest BCUT2D eigenvalue weighted by Gasteiger charge is -2.52. The third kappa shape index (κ3) is 6.02. The second-order valence-corrected chi connectivity index (χ2v) is 12.0. The van der Waals surface area contributed by atoms with Crippen LogP contribution in [0.15, 0.2) is 96.0 Å². The van der Waals surface area contributed by atoms with Gasteiger partial charge in [-0.25, -0.2) is 4.79 Å². The molecule has 46 heavy (non-hydrogen) atoms. The van der Waals surface area contributed by atoms with Crippen molar-refractivity contribution in [1.82, 2.24) is 0 Å². The van der Waals surface area contributed by atoms with Crippen LogP contribution in [0.3, 0.4) is 0 Å². The molecule has 0 aromatic heterocycles. The molecule has 3 aliphatic rings. The summed E-state index contributed by atoms with van der Waals surface area (Å²) in [5, 5.41) is 1.77. The largest absolute Gasteiger partial charge is 0.491 e. The number of hydrogen-bond acceptors (Lipinski definition) is 8. The molecule has 8 nitrogen and oxygen atoms in total. The zero-order valence-electron chi connectivity index (χ0n) is 25.5. The lowest BCUT2D eigenvalue weighted by Crippen LogP contribution is -2.52. The fourth-order valence-corrected chi connectivity index (χ4v) is 7.11. The number of esters is 2. The SMILES string of the molecule is C=CC(=O)OCCOCCOc1ccc(OCCOC(=O)C2CC3c4ccccc4C2(OC)c2ccc(Br)cc23)c2ccccc12. The maximum absolute atomic E-state index is 13.7. The van der Waals surface area contributed by atoms with Gasteiger partial charge in [0, 0.05) is 34.3 Å². The van der Waals surface area contributed by atoms with E-state index in [0.717, 1.165) is 32.4 Å². The summed E-state index contributed by atoms with van der Waals surface area (Å²) < 4.78 is 35.6. The van der Waals surface area contributed by atoms with Crippen molar-refractivity contribution in [1.29, 1.82) is 0 Å². The minimum atomic E-state index is -0.922. The molecule has 0 aliphatic heterocycles. The molecule has 0 saturated heterocycles. The van der Waals surface area contributed by atoms with E-state index in [2.05, 4.69) is 46.8 Å². The number of carbonyl (C=O) groups excluding carboxylic acids is 2. The molecule has 0 saturated carbocycles. The van der Waals surface area contributed by atoms with E-state index >= 15 is 0 Å². The highest BCUT2D eigenvalue weighted by Crippen LogP contribution is 2.59. The molecule has 2 bridgehead atoms. The summed E-state index contributed by atoms with van der Waals surface area (Å²) in [4.78, 5) is 24.8. The molecular formula is C37H35BrO8. The molecule has 9 heteroatoms. The van der Waals surface area contributed by atoms with Gasteiger partial charge in [0.2, 0.25) is 0 Å². The Hall–Kier alpha value is -4.18. The first kappa shape index (κ1) is 31.8. The monoisotopic (exact) mass is 686 g/mol. The summed E-state index contributed by atoms with van der Waals surface area (Å²) in [7, 11) is 1.67. The maximum Gasteiger partial charge on any atom is 0.330 e. The summed E-state index contributed by atoms with van der Waals surface area (Å²) in [5.74, 6) is 0.171. The fourth-order valence-electron chi connectivity index (χ4n) is 6.73. The van der Waals surface area contributed by atoms with Gasteiger partial charge in [0.15, 0.2) is 0 Å². The zero-order chi connectivity index (χ0) is 32.1. The van der Waals surface area contributed by atoms with Gasteiger partial charge >= 0.3 is 11.9 Å². The number of fused-ring (bicyclic) bond motifs is 2. The van der Waals surface area contributed by atoms with Crippen LogP contribution in [0.4, 0.5) is 0 Å². The lowest BCUT2D eigenvalue weighted by molar-refractivity contribution is -0.163. The van der Waals surface area contributed by atoms with E-state index in [-0.39, 0.29) is 38.3 Å². The topological polar surface area (TPSA) is 89.5 Å². The van der Waals surface area contributed by atoms with Gasteiger partial charge in [0.05, 0.1) is 19.1 Å². The summed E-state index contributed by atoms with van der Waals surface area (Å²) in [6.45, 7) is 4.74. The standard InChI is InChI=1S/C37H35BrO8/c1-3-35(39)45-19-17-42-16-18-43-33-14-15-34(27-10-5-4-9-26(27)33)44-20-21-46-36(40)32-23-28-25-8-6-7-11-30(25)37(32,41-2)31-13-12-24(38)22-29(28)31/h3-15,22,28,32H,1,16-21,23H2,2H3. The summed E-state index contributed by atoms with van der Waals surface area (Å²) in [6, 6.07) is 25.9. The maximum atomic E-state index is 13.7. The van der Waals surface area contributed by atoms with E-state index in [1.54, 1.807) is 7.11 Å². The molecule has 0 fully saturated rings. The number of carbonyl (C=O) groups is 2. The van der Waals surface area contributed by atoms with E-state index in [4.69, 9.17) is 28.4 Å². The van der Waals surface area contributed by atoms with Gasteiger partial charge < -0.3 is 28.4 Å². The van der Waals surface area contributed by atoms with Gasteiger partial charge in [-0.05, 0) is 52.9 Å². The predicted molar refractivity (Wildman–Crippen MR) is 176 cm³/mol. The molecule has 4 aromatic carbocycles. The van der Waals surface area contributed by atoms with Gasteiger partial charge in [-0.2, -0.15) is 0 Å². The first-order valence-electron chi connectivity index (χ1n) is 15.2. The molecule has 7 rings (SSSR count). The van der Waals surface area contributed by atoms with Crippen molar-refractivity contribution in [3.05, 3.63) is 118 Å². The molecule has 4 aromatic rings. The normalized spacial score (nSPS) is 19.2. The summed E-state index contributed by atoms with van der Waals surface area (Å²) in [5.41, 5.74) is 3.49. The first-order chi connectivity index (χ1) is 22.5. The number of rotatable bonds is 14. The van der Waals surface area contributed by atoms with Gasteiger partial charge in [0.1, 0.15) is 43.5 Å². The van der Waals surface area contributed by atoms with Crippen LogP contribution in [0.5, 0.6) is 11.5 Å². The molecule has 0 spiro atoms. The quantitative estimate of drug-likeness (QED) is 0.0822.